The fourth-order valence-electron chi connectivity index (χ4n) is 1.53. The Bertz CT molecular complexity index is 580. The lowest BCUT2D eigenvalue weighted by molar-refractivity contribution is 1.39. The zero-order chi connectivity index (χ0) is 14.4. The van der Waals surface area contributed by atoms with Crippen molar-refractivity contribution >= 4 is 29.0 Å². The van der Waals surface area contributed by atoms with Crippen molar-refractivity contribution in [2.45, 2.75) is 13.8 Å². The van der Waals surface area contributed by atoms with E-state index in [1.165, 1.54) is 12.3 Å². The first-order valence-electron chi connectivity index (χ1n) is 5.83. The Balaban J connectivity index is 3.16. The van der Waals surface area contributed by atoms with Gasteiger partial charge in [0.2, 0.25) is 0 Å². The smallest absolute Gasteiger partial charge is 0.0663 e. The van der Waals surface area contributed by atoms with Crippen LogP contribution in [-0.2, 0) is 0 Å². The molecule has 4 heteroatoms. The number of aliphatic imine (C=N–C) groups is 1. The summed E-state index contributed by atoms with van der Waals surface area (Å²) in [4.78, 5) is 4.47. The molecule has 0 unspecified atom stereocenters. The summed E-state index contributed by atoms with van der Waals surface area (Å²) in [7, 11) is 0. The molecule has 0 radical (unpaired) electrons. The van der Waals surface area contributed by atoms with Gasteiger partial charge in [0, 0.05) is 23.2 Å². The van der Waals surface area contributed by atoms with Gasteiger partial charge in [-0.15, -0.1) is 0 Å². The molecule has 0 aromatic heterocycles. The van der Waals surface area contributed by atoms with Crippen LogP contribution in [0.4, 0.5) is 11.4 Å². The monoisotopic (exact) mass is 254 g/mol. The summed E-state index contributed by atoms with van der Waals surface area (Å²) in [5, 5.41) is 14.9. The molecule has 0 aliphatic heterocycles. The van der Waals surface area contributed by atoms with Gasteiger partial charge in [0.25, 0.3) is 0 Å². The molecule has 0 saturated heterocycles. The Morgan fingerprint density at radius 2 is 2.11 bits per heavy atom. The summed E-state index contributed by atoms with van der Waals surface area (Å²) in [5.41, 5.74) is 9.69. The first-order chi connectivity index (χ1) is 8.97. The fraction of sp³-hybridized carbons (Fsp3) is 0.133. The van der Waals surface area contributed by atoms with Crippen LogP contribution >= 0.6 is 0 Å². The number of anilines is 1. The van der Waals surface area contributed by atoms with E-state index in [1.54, 1.807) is 12.1 Å². The summed E-state index contributed by atoms with van der Waals surface area (Å²) in [6.45, 7) is 7.26. The molecule has 0 fully saturated rings. The van der Waals surface area contributed by atoms with E-state index in [0.717, 1.165) is 11.3 Å². The third kappa shape index (κ3) is 4.03. The third-order valence-electron chi connectivity index (χ3n) is 2.61. The molecule has 0 aliphatic carbocycles. The maximum absolute atomic E-state index is 7.55. The zero-order valence-corrected chi connectivity index (χ0v) is 11.2. The fourth-order valence-corrected chi connectivity index (χ4v) is 1.53. The Labute approximate surface area is 113 Å². The molecule has 0 atom stereocenters. The van der Waals surface area contributed by atoms with Crippen LogP contribution < -0.4 is 5.73 Å². The Kier molecular flexibility index (Phi) is 4.94. The molecule has 1 aromatic carbocycles. The molecule has 1 rings (SSSR count). The number of nitrogens with two attached hydrogens (primary N) is 1. The maximum atomic E-state index is 7.55. The van der Waals surface area contributed by atoms with Crippen molar-refractivity contribution in [2.75, 3.05) is 5.73 Å². The lowest BCUT2D eigenvalue weighted by atomic mass is 10.1. The van der Waals surface area contributed by atoms with Crippen molar-refractivity contribution in [1.29, 1.82) is 10.8 Å². The van der Waals surface area contributed by atoms with Gasteiger partial charge in [-0.25, -0.2) is 0 Å². The number of rotatable bonds is 5. The minimum atomic E-state index is 0.252. The van der Waals surface area contributed by atoms with Crippen LogP contribution in [0.2, 0.25) is 0 Å². The molecule has 0 heterocycles. The molecule has 0 amide bonds. The Hall–Kier alpha value is -2.49. The van der Waals surface area contributed by atoms with Gasteiger partial charge in [-0.2, -0.15) is 0 Å². The second-order valence-electron chi connectivity index (χ2n) is 4.15. The highest BCUT2D eigenvalue weighted by molar-refractivity contribution is 6.20. The van der Waals surface area contributed by atoms with Gasteiger partial charge < -0.3 is 16.6 Å². The topological polar surface area (TPSA) is 86.1 Å². The van der Waals surface area contributed by atoms with Gasteiger partial charge >= 0.3 is 0 Å². The lowest BCUT2D eigenvalue weighted by Crippen LogP contribution is -2.01. The van der Waals surface area contributed by atoms with Crippen molar-refractivity contribution in [1.82, 2.24) is 0 Å². The van der Waals surface area contributed by atoms with Crippen LogP contribution in [0.5, 0.6) is 0 Å². The summed E-state index contributed by atoms with van der Waals surface area (Å²) in [6, 6.07) is 5.49. The van der Waals surface area contributed by atoms with Crippen molar-refractivity contribution in [2.24, 2.45) is 4.99 Å². The van der Waals surface area contributed by atoms with Gasteiger partial charge in [-0.1, -0.05) is 6.58 Å². The van der Waals surface area contributed by atoms with Crippen LogP contribution in [0.1, 0.15) is 12.5 Å². The highest BCUT2D eigenvalue weighted by atomic mass is 14.8. The number of nitrogens with zero attached hydrogens (tertiary/aromatic N) is 1. The van der Waals surface area contributed by atoms with Crippen LogP contribution in [0.25, 0.3) is 0 Å². The predicted octanol–water partition coefficient (Wildman–Crippen LogP) is 3.45. The van der Waals surface area contributed by atoms with E-state index in [1.807, 2.05) is 26.0 Å². The van der Waals surface area contributed by atoms with Gasteiger partial charge in [-0.05, 0) is 49.8 Å². The normalized spacial score (nSPS) is 12.1. The maximum Gasteiger partial charge on any atom is 0.0663 e. The molecule has 0 saturated carbocycles. The first-order valence-corrected chi connectivity index (χ1v) is 5.83. The van der Waals surface area contributed by atoms with E-state index < -0.39 is 0 Å². The van der Waals surface area contributed by atoms with E-state index >= 15 is 0 Å². The van der Waals surface area contributed by atoms with Crippen molar-refractivity contribution in [3.05, 3.63) is 48.1 Å². The van der Waals surface area contributed by atoms with Gasteiger partial charge in [-0.3, -0.25) is 4.99 Å². The van der Waals surface area contributed by atoms with E-state index in [2.05, 4.69) is 11.6 Å². The Morgan fingerprint density at radius 1 is 1.42 bits per heavy atom. The number of aryl methyl sites for hydroxylation is 1. The standard InChI is InChI=1S/C15H18N4/c1-4-13(17)8-12(9-16)11(3)19-15-6-5-14(18)7-10(15)2/h4-9,16-17H,1,18H2,2-3H3/b12-8+,16-9?,17-13?,19-11?. The van der Waals surface area contributed by atoms with Crippen molar-refractivity contribution < 1.29 is 0 Å². The summed E-state index contributed by atoms with van der Waals surface area (Å²) in [5.74, 6) is 0. The minimum absolute atomic E-state index is 0.252. The predicted molar refractivity (Wildman–Crippen MR) is 83.2 cm³/mol. The highest BCUT2D eigenvalue weighted by Gasteiger charge is 2.02. The molecule has 0 bridgehead atoms. The van der Waals surface area contributed by atoms with Crippen molar-refractivity contribution in [3.8, 4) is 0 Å². The molecule has 19 heavy (non-hydrogen) atoms. The number of allylic oxidation sites excluding steroid dienone is 3. The van der Waals surface area contributed by atoms with E-state index in [9.17, 15) is 0 Å². The van der Waals surface area contributed by atoms with E-state index in [4.69, 9.17) is 16.6 Å². The van der Waals surface area contributed by atoms with E-state index in [0.29, 0.717) is 17.0 Å². The second-order valence-corrected chi connectivity index (χ2v) is 4.15. The molecule has 0 spiro atoms. The van der Waals surface area contributed by atoms with Crippen molar-refractivity contribution in [3.63, 3.8) is 0 Å². The minimum Gasteiger partial charge on any atom is -0.399 e. The van der Waals surface area contributed by atoms with Crippen LogP contribution in [0.3, 0.4) is 0 Å². The SMILES string of the molecule is C=CC(=N)/C=C(\C=N)C(C)=Nc1ccc(N)cc1C. The average Bonchev–Trinajstić information content (AvgIpc) is 2.38. The van der Waals surface area contributed by atoms with Gasteiger partial charge in [0.1, 0.15) is 0 Å². The van der Waals surface area contributed by atoms with Gasteiger partial charge in [0.15, 0.2) is 0 Å². The first kappa shape index (κ1) is 14.6. The third-order valence-corrected chi connectivity index (χ3v) is 2.61. The largest absolute Gasteiger partial charge is 0.399 e. The lowest BCUT2D eigenvalue weighted by Gasteiger charge is -2.05. The average molecular weight is 254 g/mol. The molecular formula is C15H18N4. The molecule has 4 N–H and O–H groups in total. The number of nitrogen functional groups attached to an aromatic ring is 1. The summed E-state index contributed by atoms with van der Waals surface area (Å²) >= 11 is 0. The molecular weight excluding hydrogens is 236 g/mol. The number of hydrogen-bond acceptors (Lipinski definition) is 4. The second kappa shape index (κ2) is 6.44. The van der Waals surface area contributed by atoms with Crippen LogP contribution in [-0.4, -0.2) is 17.6 Å². The zero-order valence-electron chi connectivity index (χ0n) is 11.2. The Morgan fingerprint density at radius 3 is 2.63 bits per heavy atom. The molecule has 0 aliphatic rings. The number of benzene rings is 1. The molecule has 1 aromatic rings. The molecule has 98 valence electrons. The quantitative estimate of drug-likeness (QED) is 0.545. The summed E-state index contributed by atoms with van der Waals surface area (Å²) < 4.78 is 0. The molecule has 4 nitrogen and oxygen atoms in total. The number of nitrogens with one attached hydrogen (secondary N) is 2. The van der Waals surface area contributed by atoms with Crippen LogP contribution in [0, 0.1) is 17.7 Å². The van der Waals surface area contributed by atoms with Gasteiger partial charge in [0.05, 0.1) is 11.4 Å². The van der Waals surface area contributed by atoms with E-state index in [-0.39, 0.29) is 5.71 Å². The number of hydrogen-bond donors (Lipinski definition) is 3. The highest BCUT2D eigenvalue weighted by Crippen LogP contribution is 2.21. The van der Waals surface area contributed by atoms with Crippen LogP contribution in [0.15, 0.2) is 47.5 Å². The summed E-state index contributed by atoms with van der Waals surface area (Å²) in [6.07, 6.45) is 4.17.